The zero-order valence-electron chi connectivity index (χ0n) is 14.2. The number of benzene rings is 2. The first kappa shape index (κ1) is 16.7. The summed E-state index contributed by atoms with van der Waals surface area (Å²) in [5.41, 5.74) is 2.22. The van der Waals surface area contributed by atoms with Gasteiger partial charge in [-0.05, 0) is 49.7 Å². The number of carbonyl (C=O) groups is 1. The molecule has 1 aliphatic heterocycles. The Morgan fingerprint density at radius 2 is 2.19 bits per heavy atom. The second-order valence-electron chi connectivity index (χ2n) is 6.39. The van der Waals surface area contributed by atoms with Crippen LogP contribution in [0.15, 0.2) is 48.5 Å². The van der Waals surface area contributed by atoms with E-state index in [0.29, 0.717) is 17.8 Å². The lowest BCUT2D eigenvalue weighted by Crippen LogP contribution is -2.32. The summed E-state index contributed by atoms with van der Waals surface area (Å²) in [5.74, 6) is -0.0619. The lowest BCUT2D eigenvalue weighted by atomic mass is 10.2. The fourth-order valence-electron chi connectivity index (χ4n) is 3.38. The maximum absolute atomic E-state index is 12.5. The van der Waals surface area contributed by atoms with Gasteiger partial charge in [-0.25, -0.2) is 4.98 Å². The number of thiazole rings is 1. The third-order valence-corrected chi connectivity index (χ3v) is 5.72. The maximum atomic E-state index is 12.5. The van der Waals surface area contributed by atoms with Crippen molar-refractivity contribution in [3.05, 3.63) is 59.1 Å². The molecule has 1 aliphatic rings. The summed E-state index contributed by atoms with van der Waals surface area (Å²) in [5, 5.41) is 12.9. The molecular weight excluding hydrogens is 344 g/mol. The van der Waals surface area contributed by atoms with Gasteiger partial charge < -0.3 is 5.32 Å². The molecule has 0 spiro atoms. The second-order valence-corrected chi connectivity index (χ2v) is 7.45. The van der Waals surface area contributed by atoms with Crippen LogP contribution in [0, 0.1) is 11.3 Å². The molecule has 3 aromatic rings. The summed E-state index contributed by atoms with van der Waals surface area (Å²) in [6, 6.07) is 17.4. The lowest BCUT2D eigenvalue weighted by Gasteiger charge is -2.22. The quantitative estimate of drug-likeness (QED) is 0.763. The third kappa shape index (κ3) is 3.45. The normalized spacial score (nSPS) is 17.3. The third-order valence-electron chi connectivity index (χ3n) is 4.58. The van der Waals surface area contributed by atoms with Crippen molar-refractivity contribution in [2.75, 3.05) is 18.4 Å². The molecule has 5 nitrogen and oxygen atoms in total. The molecule has 6 heteroatoms. The van der Waals surface area contributed by atoms with Crippen molar-refractivity contribution in [1.29, 1.82) is 5.26 Å². The zero-order chi connectivity index (χ0) is 17.9. The minimum absolute atomic E-state index is 0.0619. The van der Waals surface area contributed by atoms with Crippen LogP contribution in [0.25, 0.3) is 10.2 Å². The van der Waals surface area contributed by atoms with Gasteiger partial charge in [0.1, 0.15) is 5.01 Å². The van der Waals surface area contributed by atoms with E-state index < -0.39 is 0 Å². The number of hydrogen-bond acceptors (Lipinski definition) is 5. The Kier molecular flexibility index (Phi) is 4.65. The SMILES string of the molecule is N#Cc1cccc(NC(=O)CN2CCC[C@@H]2c2nc3ccccc3s2)c1. The smallest absolute Gasteiger partial charge is 0.238 e. The summed E-state index contributed by atoms with van der Waals surface area (Å²) < 4.78 is 1.19. The first-order chi connectivity index (χ1) is 12.7. The van der Waals surface area contributed by atoms with Crippen LogP contribution in [0.5, 0.6) is 0 Å². The minimum Gasteiger partial charge on any atom is -0.325 e. The highest BCUT2D eigenvalue weighted by molar-refractivity contribution is 7.18. The number of para-hydroxylation sites is 1. The molecule has 1 atom stereocenters. The molecule has 0 unspecified atom stereocenters. The summed E-state index contributed by atoms with van der Waals surface area (Å²) in [7, 11) is 0. The van der Waals surface area contributed by atoms with Gasteiger partial charge in [-0.15, -0.1) is 11.3 Å². The first-order valence-electron chi connectivity index (χ1n) is 8.62. The van der Waals surface area contributed by atoms with E-state index in [1.807, 2.05) is 18.2 Å². The molecule has 1 amide bonds. The van der Waals surface area contributed by atoms with Gasteiger partial charge in [0.15, 0.2) is 0 Å². The van der Waals surface area contributed by atoms with Crippen LogP contribution in [0.3, 0.4) is 0 Å². The standard InChI is InChI=1S/C20H18N4OS/c21-12-14-5-3-6-15(11-14)22-19(25)13-24-10-4-8-17(24)20-23-16-7-1-2-9-18(16)26-20/h1-3,5-7,9,11,17H,4,8,10,13H2,(H,22,25)/t17-/m1/s1. The van der Waals surface area contributed by atoms with E-state index in [1.54, 1.807) is 35.6 Å². The van der Waals surface area contributed by atoms with Crippen LogP contribution >= 0.6 is 11.3 Å². The summed E-state index contributed by atoms with van der Waals surface area (Å²) >= 11 is 1.71. The highest BCUT2D eigenvalue weighted by Gasteiger charge is 2.30. The Hall–Kier alpha value is -2.75. The summed E-state index contributed by atoms with van der Waals surface area (Å²) in [6.07, 6.45) is 2.09. The summed E-state index contributed by atoms with van der Waals surface area (Å²) in [4.78, 5) is 19.4. The number of hydrogen-bond donors (Lipinski definition) is 1. The number of aromatic nitrogens is 1. The van der Waals surface area contributed by atoms with Gasteiger partial charge >= 0.3 is 0 Å². The monoisotopic (exact) mass is 362 g/mol. The zero-order valence-corrected chi connectivity index (χ0v) is 15.0. The fourth-order valence-corrected chi connectivity index (χ4v) is 4.52. The van der Waals surface area contributed by atoms with Gasteiger partial charge in [0.25, 0.3) is 0 Å². The number of rotatable bonds is 4. The van der Waals surface area contributed by atoms with Crippen molar-refractivity contribution in [1.82, 2.24) is 9.88 Å². The predicted molar refractivity (Wildman–Crippen MR) is 103 cm³/mol. The maximum Gasteiger partial charge on any atom is 0.238 e. The Balaban J connectivity index is 1.46. The molecule has 0 bridgehead atoms. The molecule has 1 saturated heterocycles. The largest absolute Gasteiger partial charge is 0.325 e. The molecular formula is C20H18N4OS. The van der Waals surface area contributed by atoms with Crippen LogP contribution < -0.4 is 5.32 Å². The van der Waals surface area contributed by atoms with E-state index in [9.17, 15) is 4.79 Å². The topological polar surface area (TPSA) is 69.0 Å². The Labute approximate surface area is 155 Å². The molecule has 26 heavy (non-hydrogen) atoms. The lowest BCUT2D eigenvalue weighted by molar-refractivity contribution is -0.117. The number of amides is 1. The molecule has 2 heterocycles. The van der Waals surface area contributed by atoms with Crippen molar-refractivity contribution in [3.63, 3.8) is 0 Å². The van der Waals surface area contributed by atoms with Gasteiger partial charge in [0.05, 0.1) is 34.4 Å². The number of anilines is 1. The van der Waals surface area contributed by atoms with E-state index in [-0.39, 0.29) is 11.9 Å². The van der Waals surface area contributed by atoms with Crippen LogP contribution in [0.1, 0.15) is 29.5 Å². The predicted octanol–water partition coefficient (Wildman–Crippen LogP) is 3.94. The Morgan fingerprint density at radius 1 is 1.31 bits per heavy atom. The number of nitrogens with one attached hydrogen (secondary N) is 1. The molecule has 0 saturated carbocycles. The fraction of sp³-hybridized carbons (Fsp3) is 0.250. The number of fused-ring (bicyclic) bond motifs is 1. The van der Waals surface area contributed by atoms with Crippen molar-refractivity contribution in [3.8, 4) is 6.07 Å². The number of likely N-dealkylation sites (tertiary alicyclic amines) is 1. The average molecular weight is 362 g/mol. The van der Waals surface area contributed by atoms with Crippen LogP contribution in [-0.4, -0.2) is 28.9 Å². The van der Waals surface area contributed by atoms with E-state index in [0.717, 1.165) is 29.9 Å². The van der Waals surface area contributed by atoms with Gasteiger partial charge in [0.2, 0.25) is 5.91 Å². The van der Waals surface area contributed by atoms with Gasteiger partial charge in [-0.2, -0.15) is 5.26 Å². The molecule has 0 radical (unpaired) electrons. The molecule has 1 aromatic heterocycles. The van der Waals surface area contributed by atoms with Crippen molar-refractivity contribution in [2.24, 2.45) is 0 Å². The van der Waals surface area contributed by atoms with Crippen LogP contribution in [-0.2, 0) is 4.79 Å². The molecule has 1 N–H and O–H groups in total. The number of nitriles is 1. The minimum atomic E-state index is -0.0619. The number of nitrogens with zero attached hydrogens (tertiary/aromatic N) is 3. The van der Waals surface area contributed by atoms with Gasteiger partial charge in [-0.1, -0.05) is 18.2 Å². The molecule has 2 aromatic carbocycles. The molecule has 1 fully saturated rings. The van der Waals surface area contributed by atoms with Crippen molar-refractivity contribution < 1.29 is 4.79 Å². The van der Waals surface area contributed by atoms with Crippen molar-refractivity contribution in [2.45, 2.75) is 18.9 Å². The van der Waals surface area contributed by atoms with E-state index in [1.165, 1.54) is 4.70 Å². The van der Waals surface area contributed by atoms with E-state index in [2.05, 4.69) is 22.4 Å². The average Bonchev–Trinajstić information content (AvgIpc) is 3.27. The van der Waals surface area contributed by atoms with Gasteiger partial charge in [-0.3, -0.25) is 9.69 Å². The summed E-state index contributed by atoms with van der Waals surface area (Å²) in [6.45, 7) is 1.23. The Bertz CT molecular complexity index is 958. The molecule has 0 aliphatic carbocycles. The highest BCUT2D eigenvalue weighted by Crippen LogP contribution is 2.36. The van der Waals surface area contributed by atoms with E-state index in [4.69, 9.17) is 10.2 Å². The molecule has 130 valence electrons. The molecule has 4 rings (SSSR count). The Morgan fingerprint density at radius 3 is 3.04 bits per heavy atom. The van der Waals surface area contributed by atoms with Gasteiger partial charge in [0, 0.05) is 5.69 Å². The highest BCUT2D eigenvalue weighted by atomic mass is 32.1. The second kappa shape index (κ2) is 7.24. The van der Waals surface area contributed by atoms with Crippen LogP contribution in [0.2, 0.25) is 0 Å². The van der Waals surface area contributed by atoms with E-state index >= 15 is 0 Å². The first-order valence-corrected chi connectivity index (χ1v) is 9.44. The van der Waals surface area contributed by atoms with Crippen molar-refractivity contribution >= 4 is 33.1 Å². The number of carbonyl (C=O) groups excluding carboxylic acids is 1. The van der Waals surface area contributed by atoms with Crippen LogP contribution in [0.4, 0.5) is 5.69 Å².